The van der Waals surface area contributed by atoms with E-state index in [1.807, 2.05) is 13.1 Å². The highest BCUT2D eigenvalue weighted by Gasteiger charge is 2.19. The SMILES string of the molecule is Cc1ncc2c(n1)CCN(Cc1coc3ccc(Cl)cc3c1=O)C2. The Bertz CT molecular complexity index is 984. The van der Waals surface area contributed by atoms with Crippen LogP contribution in [0.1, 0.15) is 22.6 Å². The van der Waals surface area contributed by atoms with Gasteiger partial charge in [0.25, 0.3) is 0 Å². The van der Waals surface area contributed by atoms with E-state index in [2.05, 4.69) is 14.9 Å². The molecule has 0 saturated carbocycles. The van der Waals surface area contributed by atoms with Gasteiger partial charge in [0.05, 0.1) is 11.6 Å². The third-order valence-corrected chi connectivity index (χ3v) is 4.57. The van der Waals surface area contributed by atoms with E-state index < -0.39 is 0 Å². The molecule has 3 aromatic rings. The Kier molecular flexibility index (Phi) is 3.82. The van der Waals surface area contributed by atoms with E-state index in [4.69, 9.17) is 16.0 Å². The van der Waals surface area contributed by atoms with E-state index >= 15 is 0 Å². The largest absolute Gasteiger partial charge is 0.464 e. The van der Waals surface area contributed by atoms with Crippen molar-refractivity contribution >= 4 is 22.6 Å². The molecular weight excluding hydrogens is 326 g/mol. The Morgan fingerprint density at radius 3 is 3.12 bits per heavy atom. The fourth-order valence-corrected chi connectivity index (χ4v) is 3.27. The van der Waals surface area contributed by atoms with Gasteiger partial charge in [-0.2, -0.15) is 0 Å². The van der Waals surface area contributed by atoms with Crippen molar-refractivity contribution < 1.29 is 4.42 Å². The average molecular weight is 342 g/mol. The third-order valence-electron chi connectivity index (χ3n) is 4.33. The maximum absolute atomic E-state index is 12.7. The molecule has 0 radical (unpaired) electrons. The summed E-state index contributed by atoms with van der Waals surface area (Å²) in [6, 6.07) is 5.10. The number of halogens is 1. The van der Waals surface area contributed by atoms with Gasteiger partial charge in [-0.05, 0) is 25.1 Å². The van der Waals surface area contributed by atoms with Crippen molar-refractivity contribution in [2.75, 3.05) is 6.54 Å². The lowest BCUT2D eigenvalue weighted by atomic mass is 10.1. The summed E-state index contributed by atoms with van der Waals surface area (Å²) in [7, 11) is 0. The lowest BCUT2D eigenvalue weighted by Gasteiger charge is -2.27. The van der Waals surface area contributed by atoms with Gasteiger partial charge in [-0.3, -0.25) is 9.69 Å². The highest BCUT2D eigenvalue weighted by molar-refractivity contribution is 6.31. The molecule has 0 unspecified atom stereocenters. The maximum atomic E-state index is 12.7. The van der Waals surface area contributed by atoms with Gasteiger partial charge in [-0.1, -0.05) is 11.6 Å². The average Bonchev–Trinajstić information content (AvgIpc) is 2.58. The zero-order chi connectivity index (χ0) is 16.7. The van der Waals surface area contributed by atoms with Crippen LogP contribution in [-0.4, -0.2) is 21.4 Å². The first-order chi connectivity index (χ1) is 11.6. The summed E-state index contributed by atoms with van der Waals surface area (Å²) in [6.45, 7) is 4.04. The van der Waals surface area contributed by atoms with E-state index in [1.54, 1.807) is 24.5 Å². The minimum Gasteiger partial charge on any atom is -0.464 e. The second-order valence-corrected chi connectivity index (χ2v) is 6.52. The lowest BCUT2D eigenvalue weighted by molar-refractivity contribution is 0.240. The van der Waals surface area contributed by atoms with Crippen LogP contribution in [0.3, 0.4) is 0 Å². The van der Waals surface area contributed by atoms with Crippen LogP contribution in [0.4, 0.5) is 0 Å². The van der Waals surface area contributed by atoms with Gasteiger partial charge in [-0.25, -0.2) is 9.97 Å². The minimum atomic E-state index is -0.0234. The van der Waals surface area contributed by atoms with E-state index in [1.165, 1.54) is 0 Å². The smallest absolute Gasteiger partial charge is 0.197 e. The van der Waals surface area contributed by atoms with Crippen LogP contribution < -0.4 is 5.43 Å². The van der Waals surface area contributed by atoms with Crippen LogP contribution in [0.2, 0.25) is 5.02 Å². The van der Waals surface area contributed by atoms with Gasteiger partial charge in [0, 0.05) is 54.1 Å². The summed E-state index contributed by atoms with van der Waals surface area (Å²) < 4.78 is 5.60. The Labute approximate surface area is 143 Å². The van der Waals surface area contributed by atoms with E-state index in [0.717, 1.165) is 36.6 Å². The molecule has 0 amide bonds. The number of fused-ring (bicyclic) bond motifs is 2. The molecular formula is C18H16ClN3O2. The van der Waals surface area contributed by atoms with Crippen molar-refractivity contribution in [3.63, 3.8) is 0 Å². The molecule has 5 nitrogen and oxygen atoms in total. The summed E-state index contributed by atoms with van der Waals surface area (Å²) in [5.41, 5.74) is 3.41. The molecule has 2 aromatic heterocycles. The molecule has 0 N–H and O–H groups in total. The monoisotopic (exact) mass is 341 g/mol. The molecule has 1 aliphatic rings. The second kappa shape index (κ2) is 6.00. The third kappa shape index (κ3) is 2.81. The molecule has 3 heterocycles. The molecule has 0 saturated heterocycles. The van der Waals surface area contributed by atoms with Gasteiger partial charge in [0.2, 0.25) is 0 Å². The van der Waals surface area contributed by atoms with Crippen molar-refractivity contribution in [1.82, 2.24) is 14.9 Å². The Hall–Kier alpha value is -2.24. The topological polar surface area (TPSA) is 59.2 Å². The number of aryl methyl sites for hydroxylation is 1. The maximum Gasteiger partial charge on any atom is 0.197 e. The predicted molar refractivity (Wildman–Crippen MR) is 92.1 cm³/mol. The zero-order valence-corrected chi connectivity index (χ0v) is 14.0. The summed E-state index contributed by atoms with van der Waals surface area (Å²) >= 11 is 6.00. The molecule has 4 rings (SSSR count). The van der Waals surface area contributed by atoms with Crippen LogP contribution >= 0.6 is 11.6 Å². The van der Waals surface area contributed by atoms with Crippen LogP contribution in [0, 0.1) is 6.92 Å². The first-order valence-corrected chi connectivity index (χ1v) is 8.21. The van der Waals surface area contributed by atoms with Gasteiger partial charge < -0.3 is 4.42 Å². The van der Waals surface area contributed by atoms with Crippen molar-refractivity contribution in [1.29, 1.82) is 0 Å². The van der Waals surface area contributed by atoms with Crippen LogP contribution in [-0.2, 0) is 19.5 Å². The first kappa shape index (κ1) is 15.3. The van der Waals surface area contributed by atoms with E-state index in [-0.39, 0.29) is 5.43 Å². The second-order valence-electron chi connectivity index (χ2n) is 6.08. The van der Waals surface area contributed by atoms with Crippen LogP contribution in [0.15, 0.2) is 39.9 Å². The molecule has 1 aromatic carbocycles. The molecule has 6 heteroatoms. The quantitative estimate of drug-likeness (QED) is 0.716. The van der Waals surface area contributed by atoms with Crippen LogP contribution in [0.5, 0.6) is 0 Å². The molecule has 0 fully saturated rings. The molecule has 0 spiro atoms. The lowest BCUT2D eigenvalue weighted by Crippen LogP contribution is -2.32. The first-order valence-electron chi connectivity index (χ1n) is 7.84. The highest BCUT2D eigenvalue weighted by Crippen LogP contribution is 2.20. The Morgan fingerprint density at radius 1 is 1.38 bits per heavy atom. The van der Waals surface area contributed by atoms with E-state index in [9.17, 15) is 4.79 Å². The van der Waals surface area contributed by atoms with Gasteiger partial charge in [-0.15, -0.1) is 0 Å². The number of nitrogens with zero attached hydrogens (tertiary/aromatic N) is 3. The van der Waals surface area contributed by atoms with Gasteiger partial charge >= 0.3 is 0 Å². The van der Waals surface area contributed by atoms with Crippen LogP contribution in [0.25, 0.3) is 11.0 Å². The number of benzene rings is 1. The Balaban J connectivity index is 1.62. The number of aromatic nitrogens is 2. The number of rotatable bonds is 2. The summed E-state index contributed by atoms with van der Waals surface area (Å²) in [6.07, 6.45) is 4.30. The molecule has 122 valence electrons. The molecule has 0 aliphatic carbocycles. The van der Waals surface area contributed by atoms with Crippen molar-refractivity contribution in [3.8, 4) is 0 Å². The molecule has 1 aliphatic heterocycles. The number of hydrogen-bond acceptors (Lipinski definition) is 5. The van der Waals surface area contributed by atoms with Gasteiger partial charge in [0.15, 0.2) is 5.43 Å². The summed E-state index contributed by atoms with van der Waals surface area (Å²) in [5, 5.41) is 1.06. The van der Waals surface area contributed by atoms with E-state index in [0.29, 0.717) is 28.1 Å². The highest BCUT2D eigenvalue weighted by atomic mass is 35.5. The molecule has 24 heavy (non-hydrogen) atoms. The predicted octanol–water partition coefficient (Wildman–Crippen LogP) is 3.10. The Morgan fingerprint density at radius 2 is 2.25 bits per heavy atom. The van der Waals surface area contributed by atoms with Crippen molar-refractivity contribution in [2.24, 2.45) is 0 Å². The van der Waals surface area contributed by atoms with Crippen molar-refractivity contribution in [2.45, 2.75) is 26.4 Å². The fraction of sp³-hybridized carbons (Fsp3) is 0.278. The minimum absolute atomic E-state index is 0.0234. The van der Waals surface area contributed by atoms with Gasteiger partial charge in [0.1, 0.15) is 11.4 Å². The number of hydrogen-bond donors (Lipinski definition) is 0. The standard InChI is InChI=1S/C18H16ClN3O2/c1-11-20-7-12-8-22(5-4-16(12)21-11)9-13-10-24-17-3-2-14(19)6-15(17)18(13)23/h2-3,6-7,10H,4-5,8-9H2,1H3. The molecule has 0 bridgehead atoms. The molecule has 0 atom stereocenters. The van der Waals surface area contributed by atoms with Crippen molar-refractivity contribution in [3.05, 3.63) is 68.6 Å². The zero-order valence-electron chi connectivity index (χ0n) is 13.3. The summed E-state index contributed by atoms with van der Waals surface area (Å²) in [4.78, 5) is 23.6. The fourth-order valence-electron chi connectivity index (χ4n) is 3.10. The normalized spacial score (nSPS) is 14.8. The summed E-state index contributed by atoms with van der Waals surface area (Å²) in [5.74, 6) is 0.800.